The first-order chi connectivity index (χ1) is 11.8. The van der Waals surface area contributed by atoms with Gasteiger partial charge in [-0.1, -0.05) is 18.2 Å². The highest BCUT2D eigenvalue weighted by Crippen LogP contribution is 2.51. The molecule has 2 aliphatic rings. The maximum absolute atomic E-state index is 12.9. The lowest BCUT2D eigenvalue weighted by Gasteiger charge is -2.33. The van der Waals surface area contributed by atoms with Crippen molar-refractivity contribution in [3.05, 3.63) is 48.3 Å². The van der Waals surface area contributed by atoms with Gasteiger partial charge in [0, 0.05) is 31.4 Å². The third-order valence-corrected chi connectivity index (χ3v) is 5.25. The molecule has 1 aromatic heterocycles. The quantitative estimate of drug-likeness (QED) is 0.868. The van der Waals surface area contributed by atoms with E-state index in [1.54, 1.807) is 13.3 Å². The maximum atomic E-state index is 12.9. The second-order valence-corrected chi connectivity index (χ2v) is 6.76. The van der Waals surface area contributed by atoms with Crippen molar-refractivity contribution in [1.29, 1.82) is 0 Å². The van der Waals surface area contributed by atoms with E-state index in [9.17, 15) is 4.79 Å². The molecule has 126 valence electrons. The largest absolute Gasteiger partial charge is 0.496 e. The highest BCUT2D eigenvalue weighted by atomic mass is 16.5. The van der Waals surface area contributed by atoms with Crippen molar-refractivity contribution in [2.45, 2.75) is 31.2 Å². The Morgan fingerprint density at radius 2 is 2.17 bits per heavy atom. The van der Waals surface area contributed by atoms with Gasteiger partial charge in [0.25, 0.3) is 0 Å². The van der Waals surface area contributed by atoms with Crippen LogP contribution in [0.3, 0.4) is 0 Å². The number of nitrogens with zero attached hydrogens (tertiary/aromatic N) is 3. The molecule has 0 unspecified atom stereocenters. The van der Waals surface area contributed by atoms with E-state index in [-0.39, 0.29) is 5.92 Å². The lowest BCUT2D eigenvalue weighted by molar-refractivity contribution is -0.134. The van der Waals surface area contributed by atoms with Crippen LogP contribution in [-0.4, -0.2) is 40.8 Å². The molecule has 0 bridgehead atoms. The van der Waals surface area contributed by atoms with Crippen LogP contribution in [0.1, 0.15) is 36.8 Å². The topological polar surface area (TPSA) is 47.4 Å². The van der Waals surface area contributed by atoms with Crippen LogP contribution in [0.2, 0.25) is 0 Å². The fourth-order valence-electron chi connectivity index (χ4n) is 3.89. The van der Waals surface area contributed by atoms with E-state index in [0.717, 1.165) is 38.1 Å². The first-order valence-corrected chi connectivity index (χ1v) is 8.68. The number of hydrogen-bond acceptors (Lipinski definition) is 3. The van der Waals surface area contributed by atoms with Crippen LogP contribution in [0.25, 0.3) is 0 Å². The van der Waals surface area contributed by atoms with Gasteiger partial charge in [-0.25, -0.2) is 0 Å². The number of para-hydroxylation sites is 1. The van der Waals surface area contributed by atoms with Crippen LogP contribution in [0.4, 0.5) is 0 Å². The lowest BCUT2D eigenvalue weighted by atomic mass is 10.0. The van der Waals surface area contributed by atoms with Crippen molar-refractivity contribution in [2.75, 3.05) is 20.2 Å². The first kappa shape index (κ1) is 15.2. The summed E-state index contributed by atoms with van der Waals surface area (Å²) in [4.78, 5) is 15.0. The molecule has 2 fully saturated rings. The standard InChI is InChI=1S/C19H23N3O2/c1-24-18-8-3-2-7-15(18)16-12-17(16)19(23)21-10-4-6-14(13-21)22-11-5-9-20-22/h2-3,5,7-9,11,14,16-17H,4,6,10,12-13H2,1H3/t14-,16+,17+/m1/s1. The van der Waals surface area contributed by atoms with Gasteiger partial charge in [0.2, 0.25) is 5.91 Å². The average molecular weight is 325 g/mol. The number of amides is 1. The molecule has 5 nitrogen and oxygen atoms in total. The molecular weight excluding hydrogens is 302 g/mol. The Kier molecular flexibility index (Phi) is 4.00. The van der Waals surface area contributed by atoms with E-state index in [0.29, 0.717) is 17.9 Å². The number of likely N-dealkylation sites (tertiary alicyclic amines) is 1. The van der Waals surface area contributed by atoms with Crippen LogP contribution in [0, 0.1) is 5.92 Å². The number of ether oxygens (including phenoxy) is 1. The van der Waals surface area contributed by atoms with Crippen molar-refractivity contribution < 1.29 is 9.53 Å². The average Bonchev–Trinajstić information content (AvgIpc) is 3.24. The van der Waals surface area contributed by atoms with Gasteiger partial charge in [0.15, 0.2) is 0 Å². The normalized spacial score (nSPS) is 26.2. The minimum atomic E-state index is 0.109. The van der Waals surface area contributed by atoms with E-state index in [4.69, 9.17) is 4.74 Å². The minimum Gasteiger partial charge on any atom is -0.496 e. The van der Waals surface area contributed by atoms with E-state index in [1.807, 2.05) is 40.0 Å². The molecule has 0 spiro atoms. The van der Waals surface area contributed by atoms with E-state index in [2.05, 4.69) is 11.2 Å². The Morgan fingerprint density at radius 3 is 2.96 bits per heavy atom. The number of carbonyl (C=O) groups excluding carboxylic acids is 1. The van der Waals surface area contributed by atoms with Gasteiger partial charge in [-0.2, -0.15) is 5.10 Å². The minimum absolute atomic E-state index is 0.109. The van der Waals surface area contributed by atoms with Crippen molar-refractivity contribution in [2.24, 2.45) is 5.92 Å². The third-order valence-electron chi connectivity index (χ3n) is 5.25. The highest BCUT2D eigenvalue weighted by Gasteiger charge is 2.47. The summed E-state index contributed by atoms with van der Waals surface area (Å²) in [5.41, 5.74) is 1.17. The van der Waals surface area contributed by atoms with Gasteiger partial charge in [-0.3, -0.25) is 9.48 Å². The Hall–Kier alpha value is -2.30. The maximum Gasteiger partial charge on any atom is 0.226 e. The molecule has 3 atom stereocenters. The second kappa shape index (κ2) is 6.30. The van der Waals surface area contributed by atoms with Gasteiger partial charge < -0.3 is 9.64 Å². The molecule has 1 aliphatic heterocycles. The Labute approximate surface area is 142 Å². The van der Waals surface area contributed by atoms with Crippen LogP contribution in [-0.2, 0) is 4.79 Å². The van der Waals surface area contributed by atoms with E-state index >= 15 is 0 Å². The summed E-state index contributed by atoms with van der Waals surface area (Å²) in [5.74, 6) is 1.60. The number of rotatable bonds is 4. The molecule has 1 amide bonds. The van der Waals surface area contributed by atoms with Gasteiger partial charge in [0.05, 0.1) is 13.2 Å². The molecule has 0 radical (unpaired) electrons. The third kappa shape index (κ3) is 2.79. The summed E-state index contributed by atoms with van der Waals surface area (Å²) in [6, 6.07) is 10.3. The van der Waals surface area contributed by atoms with Gasteiger partial charge in [-0.15, -0.1) is 0 Å². The zero-order valence-electron chi connectivity index (χ0n) is 14.0. The van der Waals surface area contributed by atoms with Crippen LogP contribution in [0.15, 0.2) is 42.7 Å². The molecule has 1 aliphatic carbocycles. The highest BCUT2D eigenvalue weighted by molar-refractivity contribution is 5.83. The molecule has 1 saturated heterocycles. The fraction of sp³-hybridized carbons (Fsp3) is 0.474. The zero-order valence-corrected chi connectivity index (χ0v) is 14.0. The van der Waals surface area contributed by atoms with Crippen molar-refractivity contribution in [1.82, 2.24) is 14.7 Å². The summed E-state index contributed by atoms with van der Waals surface area (Å²) < 4.78 is 7.44. The number of hydrogen-bond donors (Lipinski definition) is 0. The molecule has 1 saturated carbocycles. The monoisotopic (exact) mass is 325 g/mol. The number of methoxy groups -OCH3 is 1. The number of carbonyl (C=O) groups is 1. The smallest absolute Gasteiger partial charge is 0.226 e. The zero-order chi connectivity index (χ0) is 16.5. The molecule has 5 heteroatoms. The van der Waals surface area contributed by atoms with Crippen molar-refractivity contribution in [3.63, 3.8) is 0 Å². The predicted molar refractivity (Wildman–Crippen MR) is 90.9 cm³/mol. The number of aromatic nitrogens is 2. The molecule has 24 heavy (non-hydrogen) atoms. The summed E-state index contributed by atoms with van der Waals surface area (Å²) in [5, 5.41) is 4.34. The summed E-state index contributed by atoms with van der Waals surface area (Å²) in [7, 11) is 1.69. The van der Waals surface area contributed by atoms with E-state index < -0.39 is 0 Å². The second-order valence-electron chi connectivity index (χ2n) is 6.76. The van der Waals surface area contributed by atoms with Crippen molar-refractivity contribution >= 4 is 5.91 Å². The molecule has 2 aromatic rings. The summed E-state index contributed by atoms with van der Waals surface area (Å²) in [6.07, 6.45) is 6.86. The fourth-order valence-corrected chi connectivity index (χ4v) is 3.89. The van der Waals surface area contributed by atoms with Crippen LogP contribution < -0.4 is 4.74 Å². The summed E-state index contributed by atoms with van der Waals surface area (Å²) in [6.45, 7) is 1.64. The first-order valence-electron chi connectivity index (χ1n) is 8.68. The Bertz CT molecular complexity index is 713. The number of benzene rings is 1. The number of piperidine rings is 1. The molecule has 0 N–H and O–H groups in total. The van der Waals surface area contributed by atoms with E-state index in [1.165, 1.54) is 5.56 Å². The molecule has 1 aromatic carbocycles. The molecule has 4 rings (SSSR count). The van der Waals surface area contributed by atoms with Crippen LogP contribution in [0.5, 0.6) is 5.75 Å². The lowest BCUT2D eigenvalue weighted by Crippen LogP contribution is -2.41. The predicted octanol–water partition coefficient (Wildman–Crippen LogP) is 2.86. The SMILES string of the molecule is COc1ccccc1[C@@H]1C[C@@H]1C(=O)N1CCC[C@@H](n2cccn2)C1. The van der Waals surface area contributed by atoms with Gasteiger partial charge >= 0.3 is 0 Å². The molecule has 2 heterocycles. The van der Waals surface area contributed by atoms with Crippen LogP contribution >= 0.6 is 0 Å². The Morgan fingerprint density at radius 1 is 1.29 bits per heavy atom. The van der Waals surface area contributed by atoms with Gasteiger partial charge in [-0.05, 0) is 42.9 Å². The van der Waals surface area contributed by atoms with Crippen molar-refractivity contribution in [3.8, 4) is 5.75 Å². The Balaban J connectivity index is 1.43. The summed E-state index contributed by atoms with van der Waals surface area (Å²) >= 11 is 0. The van der Waals surface area contributed by atoms with Gasteiger partial charge in [0.1, 0.15) is 5.75 Å². The molecular formula is C19H23N3O2.